The highest BCUT2D eigenvalue weighted by Gasteiger charge is 2.18. The molecule has 0 saturated carbocycles. The Morgan fingerprint density at radius 3 is 2.48 bits per heavy atom. The van der Waals surface area contributed by atoms with Crippen molar-refractivity contribution in [2.75, 3.05) is 13.2 Å². The molecule has 0 spiro atoms. The molecular weight excluding hydrogens is 334 g/mol. The number of amides is 1. The second kappa shape index (κ2) is 6.18. The molecule has 0 radical (unpaired) electrons. The van der Waals surface area contributed by atoms with E-state index in [-0.39, 0.29) is 5.91 Å². The fourth-order valence-corrected chi connectivity index (χ4v) is 2.61. The third-order valence-corrected chi connectivity index (χ3v) is 3.83. The van der Waals surface area contributed by atoms with Gasteiger partial charge in [-0.1, -0.05) is 30.3 Å². The molecule has 21 heavy (non-hydrogen) atoms. The van der Waals surface area contributed by atoms with E-state index in [4.69, 9.17) is 9.47 Å². The molecule has 108 valence electrons. The molecule has 1 amide bonds. The first-order valence-corrected chi connectivity index (χ1v) is 7.44. The minimum absolute atomic E-state index is 0.150. The quantitative estimate of drug-likeness (QED) is 0.927. The molecule has 1 aliphatic rings. The summed E-state index contributed by atoms with van der Waals surface area (Å²) in [4.78, 5) is 12.3. The van der Waals surface area contributed by atoms with E-state index in [2.05, 4.69) is 21.2 Å². The van der Waals surface area contributed by atoms with Crippen LogP contribution in [0.4, 0.5) is 0 Å². The maximum atomic E-state index is 12.3. The minimum Gasteiger partial charge on any atom is -0.486 e. The van der Waals surface area contributed by atoms with Crippen molar-refractivity contribution in [2.24, 2.45) is 0 Å². The average molecular weight is 348 g/mol. The van der Waals surface area contributed by atoms with Crippen LogP contribution >= 0.6 is 15.9 Å². The van der Waals surface area contributed by atoms with Crippen molar-refractivity contribution in [1.82, 2.24) is 5.32 Å². The Labute approximate surface area is 131 Å². The fourth-order valence-electron chi connectivity index (χ4n) is 2.11. The van der Waals surface area contributed by atoms with E-state index in [1.165, 1.54) is 0 Å². The van der Waals surface area contributed by atoms with Gasteiger partial charge < -0.3 is 14.8 Å². The Balaban J connectivity index is 1.75. The van der Waals surface area contributed by atoms with Gasteiger partial charge in [0.25, 0.3) is 5.91 Å². The highest BCUT2D eigenvalue weighted by Crippen LogP contribution is 2.35. The zero-order valence-electron chi connectivity index (χ0n) is 11.3. The van der Waals surface area contributed by atoms with Crippen molar-refractivity contribution >= 4 is 21.8 Å². The molecule has 3 rings (SSSR count). The van der Waals surface area contributed by atoms with Gasteiger partial charge in [-0.3, -0.25) is 4.79 Å². The minimum atomic E-state index is -0.150. The van der Waals surface area contributed by atoms with E-state index in [9.17, 15) is 4.79 Å². The second-order valence-electron chi connectivity index (χ2n) is 4.64. The SMILES string of the molecule is O=C(NCc1ccccc1)c1cc2c(cc1Br)OCCO2. The number of fused-ring (bicyclic) bond motifs is 1. The van der Waals surface area contributed by atoms with E-state index < -0.39 is 0 Å². The lowest BCUT2D eigenvalue weighted by atomic mass is 10.1. The number of benzene rings is 2. The smallest absolute Gasteiger partial charge is 0.252 e. The maximum Gasteiger partial charge on any atom is 0.252 e. The monoisotopic (exact) mass is 347 g/mol. The molecule has 0 unspecified atom stereocenters. The summed E-state index contributed by atoms with van der Waals surface area (Å²) in [6.07, 6.45) is 0. The molecule has 5 heteroatoms. The van der Waals surface area contributed by atoms with Crippen molar-refractivity contribution in [3.05, 3.63) is 58.1 Å². The second-order valence-corrected chi connectivity index (χ2v) is 5.50. The summed E-state index contributed by atoms with van der Waals surface area (Å²) < 4.78 is 11.7. The van der Waals surface area contributed by atoms with E-state index >= 15 is 0 Å². The summed E-state index contributed by atoms with van der Waals surface area (Å²) in [7, 11) is 0. The van der Waals surface area contributed by atoms with Gasteiger partial charge in [0.05, 0.1) is 5.56 Å². The number of halogens is 1. The molecule has 4 nitrogen and oxygen atoms in total. The summed E-state index contributed by atoms with van der Waals surface area (Å²) in [5, 5.41) is 2.90. The molecule has 0 atom stereocenters. The van der Waals surface area contributed by atoms with Crippen LogP contribution in [0.25, 0.3) is 0 Å². The number of rotatable bonds is 3. The Bertz CT molecular complexity index is 658. The predicted octanol–water partition coefficient (Wildman–Crippen LogP) is 3.15. The lowest BCUT2D eigenvalue weighted by molar-refractivity contribution is 0.0949. The van der Waals surface area contributed by atoms with Gasteiger partial charge >= 0.3 is 0 Å². The number of carbonyl (C=O) groups excluding carboxylic acids is 1. The van der Waals surface area contributed by atoms with Crippen molar-refractivity contribution in [2.45, 2.75) is 6.54 Å². The highest BCUT2D eigenvalue weighted by molar-refractivity contribution is 9.10. The molecule has 2 aromatic carbocycles. The van der Waals surface area contributed by atoms with Gasteiger partial charge in [0.2, 0.25) is 0 Å². The summed E-state index contributed by atoms with van der Waals surface area (Å²) >= 11 is 3.41. The summed E-state index contributed by atoms with van der Waals surface area (Å²) in [6.45, 7) is 1.51. The van der Waals surface area contributed by atoms with Crippen LogP contribution in [0.15, 0.2) is 46.9 Å². The van der Waals surface area contributed by atoms with Crippen molar-refractivity contribution in [3.8, 4) is 11.5 Å². The van der Waals surface area contributed by atoms with Crippen LogP contribution in [0.5, 0.6) is 11.5 Å². The van der Waals surface area contributed by atoms with Gasteiger partial charge in [0.15, 0.2) is 11.5 Å². The van der Waals surface area contributed by atoms with Crippen LogP contribution in [-0.4, -0.2) is 19.1 Å². The number of nitrogens with one attached hydrogen (secondary N) is 1. The Hall–Kier alpha value is -2.01. The molecule has 0 bridgehead atoms. The third-order valence-electron chi connectivity index (χ3n) is 3.17. The summed E-state index contributed by atoms with van der Waals surface area (Å²) in [5.74, 6) is 1.12. The van der Waals surface area contributed by atoms with Crippen LogP contribution in [0.2, 0.25) is 0 Å². The average Bonchev–Trinajstić information content (AvgIpc) is 2.53. The number of ether oxygens (including phenoxy) is 2. The first-order valence-electron chi connectivity index (χ1n) is 6.65. The Morgan fingerprint density at radius 2 is 1.76 bits per heavy atom. The number of hydrogen-bond donors (Lipinski definition) is 1. The Morgan fingerprint density at radius 1 is 1.10 bits per heavy atom. The first kappa shape index (κ1) is 13.9. The van der Waals surface area contributed by atoms with E-state index in [1.807, 2.05) is 30.3 Å². The predicted molar refractivity (Wildman–Crippen MR) is 82.7 cm³/mol. The lowest BCUT2D eigenvalue weighted by Gasteiger charge is -2.19. The molecular formula is C16H14BrNO3. The number of carbonyl (C=O) groups is 1. The molecule has 0 aliphatic carbocycles. The van der Waals surface area contributed by atoms with Crippen LogP contribution in [-0.2, 0) is 6.54 Å². The van der Waals surface area contributed by atoms with Crippen LogP contribution < -0.4 is 14.8 Å². The van der Waals surface area contributed by atoms with Crippen LogP contribution in [0, 0.1) is 0 Å². The molecule has 2 aromatic rings. The van der Waals surface area contributed by atoms with Gasteiger partial charge in [0, 0.05) is 11.0 Å². The molecule has 0 saturated heterocycles. The maximum absolute atomic E-state index is 12.3. The molecule has 0 aromatic heterocycles. The molecule has 0 fully saturated rings. The third kappa shape index (κ3) is 3.19. The van der Waals surface area contributed by atoms with E-state index in [0.717, 1.165) is 5.56 Å². The largest absolute Gasteiger partial charge is 0.486 e. The topological polar surface area (TPSA) is 47.6 Å². The van der Waals surface area contributed by atoms with E-state index in [0.29, 0.717) is 41.3 Å². The lowest BCUT2D eigenvalue weighted by Crippen LogP contribution is -2.24. The highest BCUT2D eigenvalue weighted by atomic mass is 79.9. The molecule has 1 heterocycles. The standard InChI is InChI=1S/C16H14BrNO3/c17-13-9-15-14(20-6-7-21-15)8-12(13)16(19)18-10-11-4-2-1-3-5-11/h1-5,8-9H,6-7,10H2,(H,18,19). The Kier molecular flexibility index (Phi) is 4.10. The zero-order chi connectivity index (χ0) is 14.7. The van der Waals surface area contributed by atoms with Gasteiger partial charge in [0.1, 0.15) is 13.2 Å². The first-order chi connectivity index (χ1) is 10.2. The van der Waals surface area contributed by atoms with Crippen molar-refractivity contribution in [3.63, 3.8) is 0 Å². The van der Waals surface area contributed by atoms with E-state index in [1.54, 1.807) is 12.1 Å². The number of hydrogen-bond acceptors (Lipinski definition) is 3. The van der Waals surface area contributed by atoms with Crippen LogP contribution in [0.1, 0.15) is 15.9 Å². The fraction of sp³-hybridized carbons (Fsp3) is 0.188. The molecule has 1 N–H and O–H groups in total. The van der Waals surface area contributed by atoms with Gasteiger partial charge in [-0.2, -0.15) is 0 Å². The van der Waals surface area contributed by atoms with Gasteiger partial charge in [-0.15, -0.1) is 0 Å². The van der Waals surface area contributed by atoms with Gasteiger partial charge in [-0.25, -0.2) is 0 Å². The zero-order valence-corrected chi connectivity index (χ0v) is 12.9. The normalized spacial score (nSPS) is 12.8. The van der Waals surface area contributed by atoms with Crippen molar-refractivity contribution in [1.29, 1.82) is 0 Å². The van der Waals surface area contributed by atoms with Crippen molar-refractivity contribution < 1.29 is 14.3 Å². The van der Waals surface area contributed by atoms with Gasteiger partial charge in [-0.05, 0) is 33.6 Å². The summed E-state index contributed by atoms with van der Waals surface area (Å²) in [5.41, 5.74) is 1.59. The summed E-state index contributed by atoms with van der Waals surface area (Å²) in [6, 6.07) is 13.3. The van der Waals surface area contributed by atoms with Crippen LogP contribution in [0.3, 0.4) is 0 Å². The molecule has 1 aliphatic heterocycles.